The molecule has 33 heavy (non-hydrogen) atoms. The molecule has 0 unspecified atom stereocenters. The number of rotatable bonds is 7. The first-order valence-corrected chi connectivity index (χ1v) is 11.5. The van der Waals surface area contributed by atoms with Crippen molar-refractivity contribution in [1.82, 2.24) is 19.8 Å². The Labute approximate surface area is 196 Å². The van der Waals surface area contributed by atoms with E-state index in [4.69, 9.17) is 4.74 Å². The molecule has 0 fully saturated rings. The molecule has 1 aromatic carbocycles. The van der Waals surface area contributed by atoms with Crippen LogP contribution in [0.3, 0.4) is 0 Å². The van der Waals surface area contributed by atoms with Crippen LogP contribution in [0.2, 0.25) is 0 Å². The van der Waals surface area contributed by atoms with Crippen LogP contribution < -0.4 is 5.32 Å². The average molecular weight is 466 g/mol. The first-order valence-electron chi connectivity index (χ1n) is 10.7. The Hall–Kier alpha value is -3.30. The maximum absolute atomic E-state index is 12.6. The number of thiophene rings is 1. The normalized spacial score (nSPS) is 14.5. The van der Waals surface area contributed by atoms with Crippen LogP contribution >= 0.6 is 11.3 Å². The number of nitrogens with zero attached hydrogens (tertiary/aromatic N) is 4. The van der Waals surface area contributed by atoms with E-state index in [1.807, 2.05) is 60.3 Å². The molecule has 4 rings (SSSR count). The van der Waals surface area contributed by atoms with Crippen molar-refractivity contribution in [2.75, 3.05) is 39.6 Å². The number of benzene rings is 1. The van der Waals surface area contributed by atoms with Gasteiger partial charge in [0.15, 0.2) is 6.04 Å². The van der Waals surface area contributed by atoms with Gasteiger partial charge in [0.2, 0.25) is 5.91 Å². The highest BCUT2D eigenvalue weighted by molar-refractivity contribution is 7.19. The standard InChI is InChI=1S/C24H27N5O3S/c1-28(2)12-7-10-19(30)29-13-11-17-18(14-29)33-23-20(17)22(25-15-26-23)27-21(24(31)32-3)16-8-5-4-6-9-16/h4-10,15,21H,11-14H2,1-3H3,(H,25,26,27)/t21-/m0/s1. The van der Waals surface area contributed by atoms with Gasteiger partial charge in [-0.15, -0.1) is 11.3 Å². The number of carbonyl (C=O) groups is 2. The van der Waals surface area contributed by atoms with Crippen LogP contribution in [0.1, 0.15) is 22.0 Å². The molecular formula is C24H27N5O3S. The first kappa shape index (κ1) is 22.9. The Balaban J connectivity index is 1.61. The highest BCUT2D eigenvalue weighted by Crippen LogP contribution is 2.38. The van der Waals surface area contributed by atoms with Crippen LogP contribution in [0.4, 0.5) is 5.82 Å². The monoisotopic (exact) mass is 465 g/mol. The van der Waals surface area contributed by atoms with Crippen molar-refractivity contribution in [1.29, 1.82) is 0 Å². The quantitative estimate of drug-likeness (QED) is 0.424. The molecule has 0 bridgehead atoms. The number of carbonyl (C=O) groups excluding carboxylic acids is 2. The number of aromatic nitrogens is 2. The maximum atomic E-state index is 12.6. The van der Waals surface area contributed by atoms with E-state index in [1.54, 1.807) is 17.4 Å². The molecule has 8 nitrogen and oxygen atoms in total. The van der Waals surface area contributed by atoms with E-state index < -0.39 is 12.0 Å². The highest BCUT2D eigenvalue weighted by Gasteiger charge is 2.28. The van der Waals surface area contributed by atoms with Gasteiger partial charge in [-0.05, 0) is 31.6 Å². The van der Waals surface area contributed by atoms with Crippen molar-refractivity contribution in [3.05, 3.63) is 64.8 Å². The summed E-state index contributed by atoms with van der Waals surface area (Å²) in [5, 5.41) is 4.20. The molecule has 9 heteroatoms. The lowest BCUT2D eigenvalue weighted by Gasteiger charge is -2.26. The van der Waals surface area contributed by atoms with Gasteiger partial charge in [-0.3, -0.25) is 4.79 Å². The first-order chi connectivity index (χ1) is 16.0. The minimum absolute atomic E-state index is 0.0132. The number of anilines is 1. The van der Waals surface area contributed by atoms with Gasteiger partial charge in [0.25, 0.3) is 0 Å². The summed E-state index contributed by atoms with van der Waals surface area (Å²) in [6.45, 7) is 1.89. The van der Waals surface area contributed by atoms with Gasteiger partial charge in [0, 0.05) is 24.0 Å². The second-order valence-electron chi connectivity index (χ2n) is 8.09. The Morgan fingerprint density at radius 1 is 1.27 bits per heavy atom. The molecule has 1 amide bonds. The Bertz CT molecular complexity index is 1180. The lowest BCUT2D eigenvalue weighted by molar-refractivity contribution is -0.141. The lowest BCUT2D eigenvalue weighted by Crippen LogP contribution is -2.34. The van der Waals surface area contributed by atoms with E-state index in [0.29, 0.717) is 25.3 Å². The lowest BCUT2D eigenvalue weighted by atomic mass is 10.0. The summed E-state index contributed by atoms with van der Waals surface area (Å²) in [4.78, 5) is 39.9. The Kier molecular flexibility index (Phi) is 7.00. The van der Waals surface area contributed by atoms with E-state index in [-0.39, 0.29) is 5.91 Å². The predicted molar refractivity (Wildman–Crippen MR) is 129 cm³/mol. The minimum Gasteiger partial charge on any atom is -0.467 e. The van der Waals surface area contributed by atoms with Crippen molar-refractivity contribution in [3.8, 4) is 0 Å². The number of hydrogen-bond donors (Lipinski definition) is 1. The summed E-state index contributed by atoms with van der Waals surface area (Å²) in [7, 11) is 5.31. The van der Waals surface area contributed by atoms with E-state index in [9.17, 15) is 9.59 Å². The molecule has 1 atom stereocenters. The summed E-state index contributed by atoms with van der Waals surface area (Å²) in [6, 6.07) is 8.74. The van der Waals surface area contributed by atoms with Gasteiger partial charge in [0.05, 0.1) is 19.0 Å². The zero-order valence-corrected chi connectivity index (χ0v) is 19.8. The van der Waals surface area contributed by atoms with Crippen LogP contribution in [0.15, 0.2) is 48.8 Å². The molecule has 3 aromatic rings. The maximum Gasteiger partial charge on any atom is 0.333 e. The number of likely N-dealkylation sites (N-methyl/N-ethyl adjacent to an activating group) is 1. The highest BCUT2D eigenvalue weighted by atomic mass is 32.1. The van der Waals surface area contributed by atoms with Crippen molar-refractivity contribution in [2.45, 2.75) is 19.0 Å². The number of methoxy groups -OCH3 is 1. The molecule has 0 saturated heterocycles. The van der Waals surface area contributed by atoms with Crippen LogP contribution in [-0.2, 0) is 27.3 Å². The number of amides is 1. The third kappa shape index (κ3) is 5.04. The number of fused-ring (bicyclic) bond motifs is 3. The van der Waals surface area contributed by atoms with Crippen LogP contribution in [0.25, 0.3) is 10.2 Å². The molecular weight excluding hydrogens is 438 g/mol. The summed E-state index contributed by atoms with van der Waals surface area (Å²) in [5.74, 6) is 0.222. The Morgan fingerprint density at radius 2 is 2.06 bits per heavy atom. The summed E-state index contributed by atoms with van der Waals surface area (Å²) < 4.78 is 5.04. The van der Waals surface area contributed by atoms with Crippen molar-refractivity contribution >= 4 is 39.2 Å². The van der Waals surface area contributed by atoms with E-state index >= 15 is 0 Å². The SMILES string of the molecule is COC(=O)[C@@H](Nc1ncnc2sc3c(c12)CCN(C(=O)C=CCN(C)C)C3)c1ccccc1. The van der Waals surface area contributed by atoms with Gasteiger partial charge >= 0.3 is 5.97 Å². The second-order valence-corrected chi connectivity index (χ2v) is 9.18. The van der Waals surface area contributed by atoms with Crippen molar-refractivity contribution < 1.29 is 14.3 Å². The number of ether oxygens (including phenoxy) is 1. The zero-order valence-electron chi connectivity index (χ0n) is 18.9. The third-order valence-electron chi connectivity index (χ3n) is 5.53. The van der Waals surface area contributed by atoms with Crippen LogP contribution in [0, 0.1) is 0 Å². The predicted octanol–water partition coefficient (Wildman–Crippen LogP) is 3.02. The van der Waals surface area contributed by atoms with Gasteiger partial charge in [-0.1, -0.05) is 36.4 Å². The van der Waals surface area contributed by atoms with Gasteiger partial charge in [-0.25, -0.2) is 14.8 Å². The van der Waals surface area contributed by atoms with Crippen LogP contribution in [-0.4, -0.2) is 65.9 Å². The number of nitrogens with one attached hydrogen (secondary N) is 1. The molecule has 0 radical (unpaired) electrons. The molecule has 2 aromatic heterocycles. The van der Waals surface area contributed by atoms with Crippen molar-refractivity contribution in [2.24, 2.45) is 0 Å². The van der Waals surface area contributed by atoms with E-state index in [2.05, 4.69) is 15.3 Å². The fourth-order valence-electron chi connectivity index (χ4n) is 3.87. The van der Waals surface area contributed by atoms with Gasteiger partial charge < -0.3 is 19.9 Å². The third-order valence-corrected chi connectivity index (χ3v) is 6.66. The molecule has 1 N–H and O–H groups in total. The fraction of sp³-hybridized carbons (Fsp3) is 0.333. The molecule has 0 spiro atoms. The molecule has 0 aliphatic carbocycles. The molecule has 0 saturated carbocycles. The smallest absolute Gasteiger partial charge is 0.333 e. The fourth-order valence-corrected chi connectivity index (χ4v) is 5.08. The Morgan fingerprint density at radius 3 is 2.79 bits per heavy atom. The number of hydrogen-bond acceptors (Lipinski definition) is 8. The zero-order chi connectivity index (χ0) is 23.4. The second kappa shape index (κ2) is 10.1. The topological polar surface area (TPSA) is 87.7 Å². The molecule has 172 valence electrons. The summed E-state index contributed by atoms with van der Waals surface area (Å²) in [5.41, 5.74) is 1.93. The number of esters is 1. The molecule has 1 aliphatic heterocycles. The summed E-state index contributed by atoms with van der Waals surface area (Å²) in [6.07, 6.45) is 5.73. The largest absolute Gasteiger partial charge is 0.467 e. The van der Waals surface area contributed by atoms with Gasteiger partial charge in [-0.2, -0.15) is 0 Å². The van der Waals surface area contributed by atoms with Crippen LogP contribution in [0.5, 0.6) is 0 Å². The summed E-state index contributed by atoms with van der Waals surface area (Å²) >= 11 is 1.57. The van der Waals surface area contributed by atoms with Crippen molar-refractivity contribution in [3.63, 3.8) is 0 Å². The van der Waals surface area contributed by atoms with Gasteiger partial charge in [0.1, 0.15) is 17.0 Å². The minimum atomic E-state index is -0.687. The van der Waals surface area contributed by atoms with E-state index in [1.165, 1.54) is 13.4 Å². The average Bonchev–Trinajstić information content (AvgIpc) is 3.20. The molecule has 3 heterocycles. The molecule has 1 aliphatic rings. The van der Waals surface area contributed by atoms with E-state index in [0.717, 1.165) is 32.8 Å².